The summed E-state index contributed by atoms with van der Waals surface area (Å²) >= 11 is 0. The molecule has 1 amide bonds. The molecule has 1 N–H and O–H groups in total. The quantitative estimate of drug-likeness (QED) is 0.740. The van der Waals surface area contributed by atoms with Crippen molar-refractivity contribution < 1.29 is 18.0 Å². The van der Waals surface area contributed by atoms with E-state index >= 15 is 0 Å². The van der Waals surface area contributed by atoms with E-state index in [0.29, 0.717) is 11.3 Å². The average Bonchev–Trinajstić information content (AvgIpc) is 2.60. The lowest BCUT2D eigenvalue weighted by molar-refractivity contribution is -0.137. The maximum atomic E-state index is 12.6. The Balaban J connectivity index is 1.89. The number of hydrogen-bond donors (Lipinski definition) is 1. The van der Waals surface area contributed by atoms with Crippen LogP contribution in [0.5, 0.6) is 0 Å². The number of anilines is 1. The SMILES string of the molecule is CC(CC(=O)Nc1ccc(CCN(C)C)cc1)c1ccc(C(F)(F)F)cc1. The van der Waals surface area contributed by atoms with E-state index in [-0.39, 0.29) is 18.2 Å². The first-order chi connectivity index (χ1) is 12.6. The van der Waals surface area contributed by atoms with E-state index in [9.17, 15) is 18.0 Å². The van der Waals surface area contributed by atoms with Gasteiger partial charge in [0.1, 0.15) is 0 Å². The summed E-state index contributed by atoms with van der Waals surface area (Å²) in [7, 11) is 4.04. The van der Waals surface area contributed by atoms with Crippen molar-refractivity contribution in [2.75, 3.05) is 26.0 Å². The van der Waals surface area contributed by atoms with Crippen LogP contribution in [0, 0.1) is 0 Å². The predicted octanol–water partition coefficient (Wildman–Crippen LogP) is 4.94. The fraction of sp³-hybridized carbons (Fsp3) is 0.381. The van der Waals surface area contributed by atoms with E-state index in [1.165, 1.54) is 17.7 Å². The maximum absolute atomic E-state index is 12.6. The highest BCUT2D eigenvalue weighted by molar-refractivity contribution is 5.91. The molecule has 2 aromatic rings. The predicted molar refractivity (Wildman–Crippen MR) is 102 cm³/mol. The molecule has 1 atom stereocenters. The molecule has 0 saturated carbocycles. The van der Waals surface area contributed by atoms with Gasteiger partial charge in [-0.25, -0.2) is 0 Å². The van der Waals surface area contributed by atoms with Crippen LogP contribution in [0.1, 0.15) is 36.0 Å². The topological polar surface area (TPSA) is 32.3 Å². The summed E-state index contributed by atoms with van der Waals surface area (Å²) in [6, 6.07) is 12.7. The molecule has 0 radical (unpaired) electrons. The number of hydrogen-bond acceptors (Lipinski definition) is 2. The first kappa shape index (κ1) is 21.0. The van der Waals surface area contributed by atoms with Crippen LogP contribution in [0.25, 0.3) is 0 Å². The second-order valence-electron chi connectivity index (χ2n) is 7.02. The van der Waals surface area contributed by atoms with E-state index in [2.05, 4.69) is 10.2 Å². The van der Waals surface area contributed by atoms with Gasteiger partial charge in [-0.05, 0) is 61.8 Å². The minimum atomic E-state index is -4.35. The van der Waals surface area contributed by atoms with Gasteiger partial charge in [0.2, 0.25) is 5.91 Å². The molecule has 0 fully saturated rings. The molecule has 0 spiro atoms. The van der Waals surface area contributed by atoms with Gasteiger partial charge < -0.3 is 10.2 Å². The zero-order chi connectivity index (χ0) is 20.0. The lowest BCUT2D eigenvalue weighted by Gasteiger charge is -2.14. The molecule has 0 aromatic heterocycles. The Morgan fingerprint density at radius 1 is 1.04 bits per heavy atom. The van der Waals surface area contributed by atoms with Crippen molar-refractivity contribution >= 4 is 11.6 Å². The molecule has 0 heterocycles. The average molecular weight is 378 g/mol. The summed E-state index contributed by atoms with van der Waals surface area (Å²) in [6.07, 6.45) is -3.21. The van der Waals surface area contributed by atoms with Crippen LogP contribution in [0.4, 0.5) is 18.9 Å². The van der Waals surface area contributed by atoms with Crippen LogP contribution >= 0.6 is 0 Å². The normalized spacial score (nSPS) is 12.9. The smallest absolute Gasteiger partial charge is 0.326 e. The highest BCUT2D eigenvalue weighted by Crippen LogP contribution is 2.30. The summed E-state index contributed by atoms with van der Waals surface area (Å²) in [5.74, 6) is -0.338. The van der Waals surface area contributed by atoms with Crippen molar-refractivity contribution in [1.29, 1.82) is 0 Å². The number of rotatable bonds is 7. The van der Waals surface area contributed by atoms with E-state index < -0.39 is 11.7 Å². The van der Waals surface area contributed by atoms with Gasteiger partial charge >= 0.3 is 6.18 Å². The lowest BCUT2D eigenvalue weighted by Crippen LogP contribution is -2.15. The van der Waals surface area contributed by atoms with Gasteiger partial charge in [-0.1, -0.05) is 31.2 Å². The molecule has 3 nitrogen and oxygen atoms in total. The molecule has 27 heavy (non-hydrogen) atoms. The van der Waals surface area contributed by atoms with Gasteiger partial charge in [0.05, 0.1) is 5.56 Å². The Bertz CT molecular complexity index is 738. The molecular formula is C21H25F3N2O. The maximum Gasteiger partial charge on any atom is 0.416 e. The Hall–Kier alpha value is -2.34. The number of carbonyl (C=O) groups is 1. The van der Waals surface area contributed by atoms with E-state index in [1.54, 1.807) is 0 Å². The van der Waals surface area contributed by atoms with Crippen LogP contribution in [0.2, 0.25) is 0 Å². The first-order valence-corrected chi connectivity index (χ1v) is 8.86. The highest BCUT2D eigenvalue weighted by Gasteiger charge is 2.30. The van der Waals surface area contributed by atoms with Gasteiger partial charge in [-0.2, -0.15) is 13.2 Å². The molecule has 146 valence electrons. The number of nitrogens with one attached hydrogen (secondary N) is 1. The fourth-order valence-corrected chi connectivity index (χ4v) is 2.72. The molecule has 0 saturated heterocycles. The third-order valence-electron chi connectivity index (χ3n) is 4.38. The standard InChI is InChI=1S/C21H25F3N2O/c1-15(17-6-8-18(9-7-17)21(22,23)24)14-20(27)25-19-10-4-16(5-11-19)12-13-26(2)3/h4-11,15H,12-14H2,1-3H3,(H,25,27). The van der Waals surface area contributed by atoms with Crippen molar-refractivity contribution in [3.63, 3.8) is 0 Å². The zero-order valence-corrected chi connectivity index (χ0v) is 15.8. The Labute approximate surface area is 158 Å². The van der Waals surface area contributed by atoms with Gasteiger partial charge in [0, 0.05) is 18.7 Å². The monoisotopic (exact) mass is 378 g/mol. The number of amides is 1. The van der Waals surface area contributed by atoms with E-state index in [0.717, 1.165) is 25.1 Å². The number of alkyl halides is 3. The molecule has 6 heteroatoms. The van der Waals surface area contributed by atoms with Crippen LogP contribution in [0.3, 0.4) is 0 Å². The van der Waals surface area contributed by atoms with Crippen LogP contribution < -0.4 is 5.32 Å². The van der Waals surface area contributed by atoms with Crippen molar-refractivity contribution in [3.8, 4) is 0 Å². The van der Waals surface area contributed by atoms with Crippen molar-refractivity contribution in [2.45, 2.75) is 31.9 Å². The summed E-state index contributed by atoms with van der Waals surface area (Å²) in [4.78, 5) is 14.3. The molecular weight excluding hydrogens is 353 g/mol. The van der Waals surface area contributed by atoms with Crippen molar-refractivity contribution in [3.05, 3.63) is 65.2 Å². The summed E-state index contributed by atoms with van der Waals surface area (Å²) in [5, 5.41) is 2.84. The Morgan fingerprint density at radius 2 is 1.63 bits per heavy atom. The summed E-state index contributed by atoms with van der Waals surface area (Å²) in [6.45, 7) is 2.78. The van der Waals surface area contributed by atoms with E-state index in [1.807, 2.05) is 45.3 Å². The van der Waals surface area contributed by atoms with Crippen LogP contribution in [-0.2, 0) is 17.4 Å². The zero-order valence-electron chi connectivity index (χ0n) is 15.8. The lowest BCUT2D eigenvalue weighted by atomic mass is 9.96. The molecule has 0 aliphatic carbocycles. The molecule has 0 aliphatic rings. The fourth-order valence-electron chi connectivity index (χ4n) is 2.72. The molecule has 0 bridgehead atoms. The molecule has 2 aromatic carbocycles. The molecule has 1 unspecified atom stereocenters. The third-order valence-corrected chi connectivity index (χ3v) is 4.38. The van der Waals surface area contributed by atoms with E-state index in [4.69, 9.17) is 0 Å². The van der Waals surface area contributed by atoms with Gasteiger partial charge in [0.25, 0.3) is 0 Å². The van der Waals surface area contributed by atoms with Gasteiger partial charge in [-0.15, -0.1) is 0 Å². The first-order valence-electron chi connectivity index (χ1n) is 8.86. The third kappa shape index (κ3) is 6.71. The minimum absolute atomic E-state index is 0.163. The summed E-state index contributed by atoms with van der Waals surface area (Å²) in [5.41, 5.74) is 1.93. The second kappa shape index (κ2) is 9.04. The second-order valence-corrected chi connectivity index (χ2v) is 7.02. The van der Waals surface area contributed by atoms with Crippen molar-refractivity contribution in [1.82, 2.24) is 4.90 Å². The number of likely N-dealkylation sites (N-methyl/N-ethyl adjacent to an activating group) is 1. The largest absolute Gasteiger partial charge is 0.416 e. The number of nitrogens with zero attached hydrogens (tertiary/aromatic N) is 1. The number of halogens is 3. The van der Waals surface area contributed by atoms with Crippen molar-refractivity contribution in [2.24, 2.45) is 0 Å². The summed E-state index contributed by atoms with van der Waals surface area (Å²) < 4.78 is 37.9. The minimum Gasteiger partial charge on any atom is -0.326 e. The number of carbonyl (C=O) groups excluding carboxylic acids is 1. The van der Waals surface area contributed by atoms with Gasteiger partial charge in [-0.3, -0.25) is 4.79 Å². The van der Waals surface area contributed by atoms with Crippen LogP contribution in [0.15, 0.2) is 48.5 Å². The van der Waals surface area contributed by atoms with Gasteiger partial charge in [0.15, 0.2) is 0 Å². The Kier molecular flexibility index (Phi) is 7.02. The molecule has 2 rings (SSSR count). The van der Waals surface area contributed by atoms with Crippen LogP contribution in [-0.4, -0.2) is 31.4 Å². The number of benzene rings is 2. The highest BCUT2D eigenvalue weighted by atomic mass is 19.4. The molecule has 0 aliphatic heterocycles. The Morgan fingerprint density at radius 3 is 2.15 bits per heavy atom.